The molecule has 0 radical (unpaired) electrons. The quantitative estimate of drug-likeness (QED) is 0.776. The number of ether oxygens (including phenoxy) is 2. The third-order valence-corrected chi connectivity index (χ3v) is 3.32. The maximum atomic E-state index is 12.0. The highest BCUT2D eigenvalue weighted by molar-refractivity contribution is 5.90. The molecule has 6 heteroatoms. The zero-order valence-electron chi connectivity index (χ0n) is 13.5. The van der Waals surface area contributed by atoms with Gasteiger partial charge in [-0.25, -0.2) is 0 Å². The van der Waals surface area contributed by atoms with Gasteiger partial charge in [0.05, 0.1) is 7.11 Å². The molecule has 2 amide bonds. The van der Waals surface area contributed by atoms with Crippen molar-refractivity contribution in [1.82, 2.24) is 0 Å². The zero-order valence-corrected chi connectivity index (χ0v) is 13.5. The fraction of sp³-hybridized carbons (Fsp3) is 0.222. The second-order valence-electron chi connectivity index (χ2n) is 5.18. The Balaban J connectivity index is 1.79. The summed E-state index contributed by atoms with van der Waals surface area (Å²) in [6.45, 7) is -0.173. The zero-order chi connectivity index (χ0) is 17.4. The van der Waals surface area contributed by atoms with Crippen molar-refractivity contribution < 1.29 is 19.1 Å². The van der Waals surface area contributed by atoms with E-state index in [-0.39, 0.29) is 12.5 Å². The molecule has 0 heterocycles. The van der Waals surface area contributed by atoms with E-state index in [9.17, 15) is 9.59 Å². The molecule has 0 aromatic heterocycles. The van der Waals surface area contributed by atoms with E-state index in [0.29, 0.717) is 24.3 Å². The van der Waals surface area contributed by atoms with Gasteiger partial charge in [0.25, 0.3) is 5.91 Å². The summed E-state index contributed by atoms with van der Waals surface area (Å²) in [7, 11) is 1.62. The molecule has 0 fully saturated rings. The largest absolute Gasteiger partial charge is 0.497 e. The van der Waals surface area contributed by atoms with Crippen molar-refractivity contribution in [1.29, 1.82) is 0 Å². The van der Waals surface area contributed by atoms with E-state index in [2.05, 4.69) is 5.32 Å². The van der Waals surface area contributed by atoms with Crippen molar-refractivity contribution in [2.75, 3.05) is 19.0 Å². The van der Waals surface area contributed by atoms with E-state index in [4.69, 9.17) is 15.2 Å². The molecule has 0 atom stereocenters. The minimum absolute atomic E-state index is 0.0726. The van der Waals surface area contributed by atoms with E-state index < -0.39 is 5.91 Å². The second kappa shape index (κ2) is 8.57. The molecule has 0 bridgehead atoms. The number of aryl methyl sites for hydroxylation is 1. The number of rotatable bonds is 8. The molecule has 3 N–H and O–H groups in total. The minimum atomic E-state index is -0.536. The lowest BCUT2D eigenvalue weighted by Gasteiger charge is -2.08. The van der Waals surface area contributed by atoms with Gasteiger partial charge in [0.2, 0.25) is 5.91 Å². The first kappa shape index (κ1) is 17.3. The summed E-state index contributed by atoms with van der Waals surface area (Å²) < 4.78 is 10.3. The molecular weight excluding hydrogens is 308 g/mol. The number of nitrogens with two attached hydrogens (primary N) is 1. The van der Waals surface area contributed by atoms with Crippen LogP contribution in [0.15, 0.2) is 48.5 Å². The molecule has 0 saturated carbocycles. The van der Waals surface area contributed by atoms with Gasteiger partial charge in [-0.2, -0.15) is 0 Å². The van der Waals surface area contributed by atoms with Gasteiger partial charge in [-0.15, -0.1) is 0 Å². The smallest absolute Gasteiger partial charge is 0.255 e. The third kappa shape index (κ3) is 5.64. The predicted molar refractivity (Wildman–Crippen MR) is 91.1 cm³/mol. The number of methoxy groups -OCH3 is 1. The molecule has 6 nitrogen and oxygen atoms in total. The summed E-state index contributed by atoms with van der Waals surface area (Å²) >= 11 is 0. The van der Waals surface area contributed by atoms with E-state index in [1.165, 1.54) is 0 Å². The van der Waals surface area contributed by atoms with Crippen molar-refractivity contribution in [3.05, 3.63) is 54.1 Å². The number of primary amides is 1. The van der Waals surface area contributed by atoms with E-state index >= 15 is 0 Å². The fourth-order valence-electron chi connectivity index (χ4n) is 2.06. The Hall–Kier alpha value is -3.02. The maximum absolute atomic E-state index is 12.0. The maximum Gasteiger partial charge on any atom is 0.255 e. The van der Waals surface area contributed by atoms with E-state index in [0.717, 1.165) is 11.3 Å². The van der Waals surface area contributed by atoms with Gasteiger partial charge in [-0.05, 0) is 48.4 Å². The SMILES string of the molecule is COc1ccc(CCC(=O)Nc2ccc(OCC(N)=O)cc2)cc1. The third-order valence-electron chi connectivity index (χ3n) is 3.32. The van der Waals surface area contributed by atoms with Crippen LogP contribution in [0.25, 0.3) is 0 Å². The molecule has 0 unspecified atom stereocenters. The number of hydrogen-bond donors (Lipinski definition) is 2. The fourth-order valence-corrected chi connectivity index (χ4v) is 2.06. The van der Waals surface area contributed by atoms with Crippen molar-refractivity contribution >= 4 is 17.5 Å². The highest BCUT2D eigenvalue weighted by Gasteiger charge is 2.04. The molecule has 0 aliphatic heterocycles. The monoisotopic (exact) mass is 328 g/mol. The van der Waals surface area contributed by atoms with Gasteiger partial charge in [-0.3, -0.25) is 9.59 Å². The first-order valence-electron chi connectivity index (χ1n) is 7.51. The Morgan fingerprint density at radius 2 is 1.62 bits per heavy atom. The van der Waals surface area contributed by atoms with Crippen LogP contribution >= 0.6 is 0 Å². The lowest BCUT2D eigenvalue weighted by molar-refractivity contribution is -0.120. The summed E-state index contributed by atoms with van der Waals surface area (Å²) in [5, 5.41) is 2.82. The summed E-state index contributed by atoms with van der Waals surface area (Å²) in [5.74, 6) is 0.703. The predicted octanol–water partition coefficient (Wildman–Crippen LogP) is 2.13. The molecule has 2 aromatic carbocycles. The Morgan fingerprint density at radius 1 is 1.00 bits per heavy atom. The van der Waals surface area contributed by atoms with Gasteiger partial charge >= 0.3 is 0 Å². The lowest BCUT2D eigenvalue weighted by Crippen LogP contribution is -2.20. The summed E-state index contributed by atoms with van der Waals surface area (Å²) in [5.41, 5.74) is 6.74. The Bertz CT molecular complexity index is 681. The van der Waals surface area contributed by atoms with Crippen molar-refractivity contribution in [2.45, 2.75) is 12.8 Å². The van der Waals surface area contributed by atoms with Gasteiger partial charge in [0.15, 0.2) is 6.61 Å². The highest BCUT2D eigenvalue weighted by Crippen LogP contribution is 2.16. The topological polar surface area (TPSA) is 90.7 Å². The average Bonchev–Trinajstić information content (AvgIpc) is 2.60. The summed E-state index contributed by atoms with van der Waals surface area (Å²) in [6, 6.07) is 14.4. The molecule has 2 aromatic rings. The number of benzene rings is 2. The van der Waals surface area contributed by atoms with Gasteiger partial charge in [-0.1, -0.05) is 12.1 Å². The van der Waals surface area contributed by atoms with Crippen LogP contribution in [0.3, 0.4) is 0 Å². The number of amides is 2. The number of anilines is 1. The van der Waals surface area contributed by atoms with Crippen LogP contribution < -0.4 is 20.5 Å². The first-order valence-corrected chi connectivity index (χ1v) is 7.51. The van der Waals surface area contributed by atoms with Crippen LogP contribution in [-0.2, 0) is 16.0 Å². The average molecular weight is 328 g/mol. The summed E-state index contributed by atoms with van der Waals surface area (Å²) in [6.07, 6.45) is 1.03. The molecule has 0 saturated heterocycles. The Kier molecular flexibility index (Phi) is 6.19. The van der Waals surface area contributed by atoms with Gasteiger partial charge in [0, 0.05) is 12.1 Å². The van der Waals surface area contributed by atoms with Crippen molar-refractivity contribution in [2.24, 2.45) is 5.73 Å². The normalized spacial score (nSPS) is 10.0. The van der Waals surface area contributed by atoms with Crippen LogP contribution in [0.5, 0.6) is 11.5 Å². The van der Waals surface area contributed by atoms with Crippen LogP contribution in [0, 0.1) is 0 Å². The first-order chi connectivity index (χ1) is 11.6. The van der Waals surface area contributed by atoms with Crippen LogP contribution in [-0.4, -0.2) is 25.5 Å². The van der Waals surface area contributed by atoms with E-state index in [1.807, 2.05) is 24.3 Å². The summed E-state index contributed by atoms with van der Waals surface area (Å²) in [4.78, 5) is 22.6. The number of carbonyl (C=O) groups is 2. The lowest BCUT2D eigenvalue weighted by atomic mass is 10.1. The minimum Gasteiger partial charge on any atom is -0.497 e. The van der Waals surface area contributed by atoms with Crippen molar-refractivity contribution in [3.63, 3.8) is 0 Å². The van der Waals surface area contributed by atoms with Gasteiger partial charge in [0.1, 0.15) is 11.5 Å². The van der Waals surface area contributed by atoms with Crippen LogP contribution in [0.1, 0.15) is 12.0 Å². The Morgan fingerprint density at radius 3 is 2.21 bits per heavy atom. The van der Waals surface area contributed by atoms with Crippen LogP contribution in [0.4, 0.5) is 5.69 Å². The molecule has 2 rings (SSSR count). The second-order valence-corrected chi connectivity index (χ2v) is 5.18. The molecule has 0 aliphatic carbocycles. The van der Waals surface area contributed by atoms with Crippen molar-refractivity contribution in [3.8, 4) is 11.5 Å². The molecule has 24 heavy (non-hydrogen) atoms. The van der Waals surface area contributed by atoms with Gasteiger partial charge < -0.3 is 20.5 Å². The molecule has 126 valence electrons. The number of nitrogens with one attached hydrogen (secondary N) is 1. The number of hydrogen-bond acceptors (Lipinski definition) is 4. The van der Waals surface area contributed by atoms with E-state index in [1.54, 1.807) is 31.4 Å². The molecule has 0 aliphatic rings. The standard InChI is InChI=1S/C18H20N2O4/c1-23-15-7-2-13(3-8-15)4-11-18(22)20-14-5-9-16(10-6-14)24-12-17(19)21/h2-3,5-10H,4,11-12H2,1H3,(H2,19,21)(H,20,22). The number of carbonyl (C=O) groups excluding carboxylic acids is 2. The van der Waals surface area contributed by atoms with Crippen LogP contribution in [0.2, 0.25) is 0 Å². The highest BCUT2D eigenvalue weighted by atomic mass is 16.5. The Labute approximate surface area is 140 Å². The molecule has 0 spiro atoms. The molecular formula is C18H20N2O4.